The number of aromatic nitrogens is 2. The highest BCUT2D eigenvalue weighted by Crippen LogP contribution is 2.18. The molecule has 0 saturated carbocycles. The molecule has 1 atom stereocenters. The summed E-state index contributed by atoms with van der Waals surface area (Å²) in [6, 6.07) is 0. The van der Waals surface area contributed by atoms with Crippen LogP contribution < -0.4 is 5.73 Å². The summed E-state index contributed by atoms with van der Waals surface area (Å²) in [4.78, 5) is 14.9. The van der Waals surface area contributed by atoms with Crippen molar-refractivity contribution >= 4 is 11.8 Å². The third-order valence-electron chi connectivity index (χ3n) is 2.17. The molecule has 0 aliphatic rings. The van der Waals surface area contributed by atoms with Gasteiger partial charge in [0.05, 0.1) is 11.9 Å². The normalized spacial score (nSPS) is 13.2. The third kappa shape index (κ3) is 1.59. The Morgan fingerprint density at radius 2 is 2.47 bits per heavy atom. The zero-order chi connectivity index (χ0) is 11.0. The van der Waals surface area contributed by atoms with Crippen molar-refractivity contribution in [2.45, 2.75) is 12.8 Å². The molecule has 0 aliphatic heterocycles. The summed E-state index contributed by atoms with van der Waals surface area (Å²) in [6.45, 7) is 1.84. The summed E-state index contributed by atoms with van der Waals surface area (Å²) in [5.41, 5.74) is 6.18. The van der Waals surface area contributed by atoms with E-state index in [9.17, 15) is 4.79 Å². The third-order valence-corrected chi connectivity index (χ3v) is 2.17. The van der Waals surface area contributed by atoms with E-state index in [0.29, 0.717) is 11.6 Å². The predicted molar refractivity (Wildman–Crippen MR) is 51.6 cm³/mol. The molecule has 0 fully saturated rings. The Kier molecular flexibility index (Phi) is 2.20. The molecule has 6 nitrogen and oxygen atoms in total. The molecule has 2 aromatic heterocycles. The molecule has 15 heavy (non-hydrogen) atoms. The van der Waals surface area contributed by atoms with Crippen LogP contribution in [0.4, 0.5) is 0 Å². The van der Waals surface area contributed by atoms with Crippen LogP contribution in [0.5, 0.6) is 0 Å². The number of hydrogen-bond donors (Lipinski definition) is 2. The maximum Gasteiger partial charge on any atom is 0.315 e. The molecule has 3 N–H and O–H groups in total. The smallest absolute Gasteiger partial charge is 0.315 e. The van der Waals surface area contributed by atoms with E-state index in [1.807, 2.05) is 6.92 Å². The van der Waals surface area contributed by atoms with Gasteiger partial charge in [-0.2, -0.15) is 4.98 Å². The van der Waals surface area contributed by atoms with E-state index >= 15 is 0 Å². The first-order chi connectivity index (χ1) is 7.11. The lowest BCUT2D eigenvalue weighted by Crippen LogP contribution is -2.20. The van der Waals surface area contributed by atoms with E-state index in [-0.39, 0.29) is 6.54 Å². The Bertz CT molecular complexity index is 468. The van der Waals surface area contributed by atoms with E-state index in [2.05, 4.69) is 4.98 Å². The number of hydrogen-bond acceptors (Lipinski definition) is 4. The number of carboxylic acid groups (broad SMARTS) is 1. The average Bonchev–Trinajstić information content (AvgIpc) is 2.61. The predicted octanol–water partition coefficient (Wildman–Crippen LogP) is 0.363. The van der Waals surface area contributed by atoms with Gasteiger partial charge in [-0.3, -0.25) is 9.20 Å². The van der Waals surface area contributed by atoms with Crippen LogP contribution >= 0.6 is 0 Å². The number of aliphatic carboxylic acids is 1. The molecule has 0 bridgehead atoms. The number of fused-ring (bicyclic) bond motifs is 1. The molecule has 0 amide bonds. The first-order valence-electron chi connectivity index (χ1n) is 4.49. The monoisotopic (exact) mass is 209 g/mol. The van der Waals surface area contributed by atoms with E-state index in [1.54, 1.807) is 16.8 Å². The molecule has 0 radical (unpaired) electrons. The van der Waals surface area contributed by atoms with Crippen LogP contribution in [0.25, 0.3) is 5.84 Å². The lowest BCUT2D eigenvalue weighted by atomic mass is 10.1. The Labute approximate surface area is 85.3 Å². The molecule has 0 spiro atoms. The molecule has 80 valence electrons. The first kappa shape index (κ1) is 9.72. The van der Waals surface area contributed by atoms with Gasteiger partial charge in [-0.05, 0) is 6.92 Å². The molecular formula is C9H11N3O3. The second-order valence-corrected chi connectivity index (χ2v) is 3.33. The van der Waals surface area contributed by atoms with Gasteiger partial charge in [0.1, 0.15) is 11.7 Å². The van der Waals surface area contributed by atoms with Gasteiger partial charge in [0.2, 0.25) is 0 Å². The van der Waals surface area contributed by atoms with Gasteiger partial charge in [0.25, 0.3) is 0 Å². The van der Waals surface area contributed by atoms with Crippen LogP contribution in [0.15, 0.2) is 16.8 Å². The van der Waals surface area contributed by atoms with Crippen LogP contribution in [-0.2, 0) is 4.79 Å². The van der Waals surface area contributed by atoms with Gasteiger partial charge >= 0.3 is 11.8 Å². The quantitative estimate of drug-likeness (QED) is 0.761. The summed E-state index contributed by atoms with van der Waals surface area (Å²) in [7, 11) is 0. The van der Waals surface area contributed by atoms with Crippen LogP contribution in [0.3, 0.4) is 0 Å². The van der Waals surface area contributed by atoms with Gasteiger partial charge in [-0.25, -0.2) is 0 Å². The Hall–Kier alpha value is -1.82. The van der Waals surface area contributed by atoms with Crippen LogP contribution in [0.2, 0.25) is 0 Å². The number of imidazole rings is 1. The number of nitrogens with two attached hydrogens (primary N) is 1. The topological polar surface area (TPSA) is 93.8 Å². The molecule has 2 aromatic rings. The number of carboxylic acids is 1. The molecule has 1 unspecified atom stereocenters. The van der Waals surface area contributed by atoms with Crippen molar-refractivity contribution < 1.29 is 14.3 Å². The fourth-order valence-corrected chi connectivity index (χ4v) is 1.43. The van der Waals surface area contributed by atoms with Crippen LogP contribution in [0, 0.1) is 6.92 Å². The van der Waals surface area contributed by atoms with Gasteiger partial charge in [-0.1, -0.05) is 0 Å². The van der Waals surface area contributed by atoms with Crippen molar-refractivity contribution in [3.05, 3.63) is 23.8 Å². The van der Waals surface area contributed by atoms with Gasteiger partial charge < -0.3 is 15.3 Å². The second-order valence-electron chi connectivity index (χ2n) is 3.33. The molecular weight excluding hydrogens is 198 g/mol. The van der Waals surface area contributed by atoms with Gasteiger partial charge in [0.15, 0.2) is 0 Å². The second kappa shape index (κ2) is 3.39. The molecule has 2 rings (SSSR count). The standard InChI is InChI=1S/C9H11N3O3/c1-5-3-12-4-7(15-9(12)11-5)6(2-10)8(13)14/h3-4,6H,2,10H2,1H3,(H,13,14). The van der Waals surface area contributed by atoms with E-state index in [1.165, 1.54) is 0 Å². The summed E-state index contributed by atoms with van der Waals surface area (Å²) in [5, 5.41) is 8.87. The fraction of sp³-hybridized carbons (Fsp3) is 0.333. The maximum absolute atomic E-state index is 10.8. The van der Waals surface area contributed by atoms with Crippen LogP contribution in [0.1, 0.15) is 17.4 Å². The Morgan fingerprint density at radius 3 is 3.00 bits per heavy atom. The van der Waals surface area contributed by atoms with Crippen molar-refractivity contribution in [3.63, 3.8) is 0 Å². The molecule has 6 heteroatoms. The fourth-order valence-electron chi connectivity index (χ4n) is 1.43. The van der Waals surface area contributed by atoms with Crippen LogP contribution in [-0.4, -0.2) is 27.0 Å². The van der Waals surface area contributed by atoms with Gasteiger partial charge in [-0.15, -0.1) is 0 Å². The largest absolute Gasteiger partial charge is 0.481 e. The highest BCUT2D eigenvalue weighted by Gasteiger charge is 2.22. The lowest BCUT2D eigenvalue weighted by molar-refractivity contribution is -0.138. The average molecular weight is 209 g/mol. The minimum atomic E-state index is -0.994. The van der Waals surface area contributed by atoms with Crippen molar-refractivity contribution in [3.8, 4) is 0 Å². The summed E-state index contributed by atoms with van der Waals surface area (Å²) >= 11 is 0. The van der Waals surface area contributed by atoms with Crippen molar-refractivity contribution in [2.75, 3.05) is 6.54 Å². The Balaban J connectivity index is 2.43. The van der Waals surface area contributed by atoms with E-state index < -0.39 is 11.9 Å². The first-order valence-corrected chi connectivity index (χ1v) is 4.49. The molecule has 2 heterocycles. The number of nitrogens with zero attached hydrogens (tertiary/aromatic N) is 2. The molecule has 0 saturated heterocycles. The zero-order valence-corrected chi connectivity index (χ0v) is 8.17. The highest BCUT2D eigenvalue weighted by atomic mass is 16.4. The summed E-state index contributed by atoms with van der Waals surface area (Å²) in [5.74, 6) is -1.09. The minimum Gasteiger partial charge on any atom is -0.481 e. The minimum absolute atomic E-state index is 0.00494. The van der Waals surface area contributed by atoms with Crippen molar-refractivity contribution in [1.82, 2.24) is 9.38 Å². The SMILES string of the molecule is Cc1cn2cc(C(CN)C(=O)O)oc2n1. The maximum atomic E-state index is 10.8. The van der Waals surface area contributed by atoms with E-state index in [4.69, 9.17) is 15.3 Å². The summed E-state index contributed by atoms with van der Waals surface area (Å²) < 4.78 is 6.94. The number of carbonyl (C=O) groups is 1. The van der Waals surface area contributed by atoms with Crippen molar-refractivity contribution in [1.29, 1.82) is 0 Å². The highest BCUT2D eigenvalue weighted by molar-refractivity contribution is 5.75. The van der Waals surface area contributed by atoms with Gasteiger partial charge in [0, 0.05) is 12.7 Å². The van der Waals surface area contributed by atoms with E-state index in [0.717, 1.165) is 5.69 Å². The number of oxazole rings is 1. The molecule has 0 aliphatic carbocycles. The summed E-state index contributed by atoms with van der Waals surface area (Å²) in [6.07, 6.45) is 3.36. The zero-order valence-electron chi connectivity index (χ0n) is 8.17. The Morgan fingerprint density at radius 1 is 1.73 bits per heavy atom. The number of rotatable bonds is 3. The number of aryl methyl sites for hydroxylation is 1. The lowest BCUT2D eigenvalue weighted by Gasteiger charge is -2.03. The van der Waals surface area contributed by atoms with Crippen molar-refractivity contribution in [2.24, 2.45) is 5.73 Å². The molecule has 0 aromatic carbocycles.